The molecule has 106 valence electrons. The molecular weight excluding hydrogens is 262 g/mol. The molecule has 0 bridgehead atoms. The standard InChI is InChI=1S/C18H23NS/c1-12-5-4-6-15(7-12)16-9-17(10-16)19-11-18-8-13(2)14(3)20-18/h4-8,16-17,19H,9-11H2,1-3H3. The van der Waals surface area contributed by atoms with Crippen LogP contribution in [0.3, 0.4) is 0 Å². The van der Waals surface area contributed by atoms with Crippen LogP contribution in [0.4, 0.5) is 0 Å². The summed E-state index contributed by atoms with van der Waals surface area (Å²) < 4.78 is 0. The van der Waals surface area contributed by atoms with Gasteiger partial charge in [0, 0.05) is 22.3 Å². The fourth-order valence-electron chi connectivity index (χ4n) is 2.96. The number of nitrogens with one attached hydrogen (secondary N) is 1. The predicted octanol–water partition coefficient (Wildman–Crippen LogP) is 4.71. The highest BCUT2D eigenvalue weighted by Crippen LogP contribution is 2.37. The van der Waals surface area contributed by atoms with Gasteiger partial charge in [0.2, 0.25) is 0 Å². The van der Waals surface area contributed by atoms with E-state index in [9.17, 15) is 0 Å². The van der Waals surface area contributed by atoms with Crippen LogP contribution in [0.25, 0.3) is 0 Å². The first-order chi connectivity index (χ1) is 9.61. The lowest BCUT2D eigenvalue weighted by Gasteiger charge is -2.36. The van der Waals surface area contributed by atoms with Crippen LogP contribution in [0.2, 0.25) is 0 Å². The third-order valence-corrected chi connectivity index (χ3v) is 5.59. The summed E-state index contributed by atoms with van der Waals surface area (Å²) in [6.45, 7) is 7.62. The highest BCUT2D eigenvalue weighted by molar-refractivity contribution is 7.12. The van der Waals surface area contributed by atoms with E-state index in [2.05, 4.69) is 56.4 Å². The molecule has 1 aliphatic carbocycles. The van der Waals surface area contributed by atoms with Crippen molar-refractivity contribution in [1.82, 2.24) is 5.32 Å². The molecule has 1 fully saturated rings. The highest BCUT2D eigenvalue weighted by atomic mass is 32.1. The molecule has 3 rings (SSSR count). The van der Waals surface area contributed by atoms with E-state index in [0.29, 0.717) is 6.04 Å². The molecule has 1 aliphatic rings. The molecule has 0 atom stereocenters. The van der Waals surface area contributed by atoms with Gasteiger partial charge in [0.1, 0.15) is 0 Å². The molecule has 2 aromatic rings. The Morgan fingerprint density at radius 2 is 1.95 bits per heavy atom. The van der Waals surface area contributed by atoms with Crippen LogP contribution in [0.1, 0.15) is 45.2 Å². The van der Waals surface area contributed by atoms with E-state index < -0.39 is 0 Å². The Balaban J connectivity index is 1.49. The minimum atomic E-state index is 0.697. The topological polar surface area (TPSA) is 12.0 Å². The summed E-state index contributed by atoms with van der Waals surface area (Å²) in [4.78, 5) is 2.92. The maximum atomic E-state index is 3.70. The molecule has 0 amide bonds. The Bertz CT molecular complexity index is 574. The maximum absolute atomic E-state index is 3.70. The fraction of sp³-hybridized carbons (Fsp3) is 0.444. The number of aryl methyl sites for hydroxylation is 3. The average molecular weight is 285 g/mol. The first-order valence-electron chi connectivity index (χ1n) is 7.47. The molecule has 20 heavy (non-hydrogen) atoms. The van der Waals surface area contributed by atoms with Gasteiger partial charge in [-0.3, -0.25) is 0 Å². The lowest BCUT2D eigenvalue weighted by molar-refractivity contribution is 0.290. The second kappa shape index (κ2) is 5.71. The normalized spacial score (nSPS) is 21.8. The Hall–Kier alpha value is -1.12. The van der Waals surface area contributed by atoms with Crippen LogP contribution in [0.5, 0.6) is 0 Å². The number of hydrogen-bond acceptors (Lipinski definition) is 2. The summed E-state index contributed by atoms with van der Waals surface area (Å²) in [7, 11) is 0. The second-order valence-electron chi connectivity index (χ2n) is 6.11. The van der Waals surface area contributed by atoms with Crippen molar-refractivity contribution in [3.63, 3.8) is 0 Å². The van der Waals surface area contributed by atoms with E-state index in [4.69, 9.17) is 0 Å². The number of benzene rings is 1. The minimum absolute atomic E-state index is 0.697. The molecule has 0 spiro atoms. The van der Waals surface area contributed by atoms with Crippen molar-refractivity contribution in [1.29, 1.82) is 0 Å². The third kappa shape index (κ3) is 2.97. The molecule has 0 aliphatic heterocycles. The largest absolute Gasteiger partial charge is 0.309 e. The van der Waals surface area contributed by atoms with Crippen LogP contribution in [-0.2, 0) is 6.54 Å². The first-order valence-corrected chi connectivity index (χ1v) is 8.29. The van der Waals surface area contributed by atoms with Crippen molar-refractivity contribution in [2.45, 2.75) is 52.1 Å². The monoisotopic (exact) mass is 285 g/mol. The van der Waals surface area contributed by atoms with Crippen molar-refractivity contribution >= 4 is 11.3 Å². The van der Waals surface area contributed by atoms with Crippen LogP contribution in [0, 0.1) is 20.8 Å². The molecule has 1 aromatic carbocycles. The summed E-state index contributed by atoms with van der Waals surface area (Å²) in [5.74, 6) is 0.763. The van der Waals surface area contributed by atoms with Crippen molar-refractivity contribution in [3.8, 4) is 0 Å². The van der Waals surface area contributed by atoms with Gasteiger partial charge in [-0.05, 0) is 56.7 Å². The molecule has 0 unspecified atom stereocenters. The van der Waals surface area contributed by atoms with Crippen LogP contribution in [-0.4, -0.2) is 6.04 Å². The molecule has 1 N–H and O–H groups in total. The minimum Gasteiger partial charge on any atom is -0.309 e. The zero-order chi connectivity index (χ0) is 14.1. The quantitative estimate of drug-likeness (QED) is 0.858. The predicted molar refractivity (Wildman–Crippen MR) is 87.6 cm³/mol. The van der Waals surface area contributed by atoms with Gasteiger partial charge in [-0.15, -0.1) is 11.3 Å². The van der Waals surface area contributed by atoms with Crippen molar-refractivity contribution < 1.29 is 0 Å². The summed E-state index contributed by atoms with van der Waals surface area (Å²) in [5.41, 5.74) is 4.33. The van der Waals surface area contributed by atoms with Crippen molar-refractivity contribution in [3.05, 3.63) is 56.8 Å². The molecule has 1 nitrogen and oxygen atoms in total. The highest BCUT2D eigenvalue weighted by Gasteiger charge is 2.29. The van der Waals surface area contributed by atoms with Gasteiger partial charge >= 0.3 is 0 Å². The maximum Gasteiger partial charge on any atom is 0.0302 e. The Labute approximate surface area is 126 Å². The molecule has 1 aromatic heterocycles. The molecule has 0 saturated heterocycles. The van der Waals surface area contributed by atoms with E-state index in [1.807, 2.05) is 11.3 Å². The molecule has 1 heterocycles. The third-order valence-electron chi connectivity index (χ3n) is 4.43. The van der Waals surface area contributed by atoms with Gasteiger partial charge in [0.15, 0.2) is 0 Å². The second-order valence-corrected chi connectivity index (χ2v) is 7.45. The van der Waals surface area contributed by atoms with Crippen LogP contribution >= 0.6 is 11.3 Å². The van der Waals surface area contributed by atoms with Gasteiger partial charge in [-0.2, -0.15) is 0 Å². The van der Waals surface area contributed by atoms with E-state index in [0.717, 1.165) is 12.5 Å². The van der Waals surface area contributed by atoms with E-state index in [-0.39, 0.29) is 0 Å². The van der Waals surface area contributed by atoms with E-state index in [1.165, 1.54) is 39.3 Å². The Morgan fingerprint density at radius 1 is 1.15 bits per heavy atom. The van der Waals surface area contributed by atoms with Crippen LogP contribution < -0.4 is 5.32 Å². The van der Waals surface area contributed by atoms with Crippen molar-refractivity contribution in [2.24, 2.45) is 0 Å². The van der Waals surface area contributed by atoms with Gasteiger partial charge in [0.05, 0.1) is 0 Å². The number of hydrogen-bond donors (Lipinski definition) is 1. The first kappa shape index (κ1) is 13.8. The average Bonchev–Trinajstić information content (AvgIpc) is 2.67. The number of thiophene rings is 1. The van der Waals surface area contributed by atoms with Crippen LogP contribution in [0.15, 0.2) is 30.3 Å². The SMILES string of the molecule is Cc1cccc(C2CC(NCc3cc(C)c(C)s3)C2)c1. The molecular formula is C18H23NS. The Kier molecular flexibility index (Phi) is 3.95. The summed E-state index contributed by atoms with van der Waals surface area (Å²) in [6, 6.07) is 12.0. The van der Waals surface area contributed by atoms with Gasteiger partial charge < -0.3 is 5.32 Å². The smallest absolute Gasteiger partial charge is 0.0302 e. The molecule has 0 radical (unpaired) electrons. The molecule has 1 saturated carbocycles. The van der Waals surface area contributed by atoms with E-state index in [1.54, 1.807) is 0 Å². The van der Waals surface area contributed by atoms with E-state index >= 15 is 0 Å². The zero-order valence-corrected chi connectivity index (χ0v) is 13.4. The lowest BCUT2D eigenvalue weighted by Crippen LogP contribution is -2.39. The van der Waals surface area contributed by atoms with Gasteiger partial charge in [-0.1, -0.05) is 29.8 Å². The van der Waals surface area contributed by atoms with Gasteiger partial charge in [0.25, 0.3) is 0 Å². The fourth-order valence-corrected chi connectivity index (χ4v) is 3.97. The number of rotatable bonds is 4. The Morgan fingerprint density at radius 3 is 2.60 bits per heavy atom. The lowest BCUT2D eigenvalue weighted by atomic mass is 9.75. The summed E-state index contributed by atoms with van der Waals surface area (Å²) in [5, 5.41) is 3.70. The summed E-state index contributed by atoms with van der Waals surface area (Å²) in [6.07, 6.45) is 2.57. The zero-order valence-electron chi connectivity index (χ0n) is 12.6. The molecule has 2 heteroatoms. The summed E-state index contributed by atoms with van der Waals surface area (Å²) >= 11 is 1.93. The van der Waals surface area contributed by atoms with Gasteiger partial charge in [-0.25, -0.2) is 0 Å². The van der Waals surface area contributed by atoms with Crippen molar-refractivity contribution in [2.75, 3.05) is 0 Å².